The molecular weight excluding hydrogens is 333 g/mol. The van der Waals surface area contributed by atoms with Crippen molar-refractivity contribution in [3.8, 4) is 17.3 Å². The topological polar surface area (TPSA) is 77.5 Å². The van der Waals surface area contributed by atoms with Gasteiger partial charge in [0.25, 0.3) is 0 Å². The summed E-state index contributed by atoms with van der Waals surface area (Å²) in [5, 5.41) is 23.4. The summed E-state index contributed by atoms with van der Waals surface area (Å²) < 4.78 is 16.4. The first-order valence-corrected chi connectivity index (χ1v) is 8.47. The smallest absolute Gasteiger partial charge is 0.155 e. The van der Waals surface area contributed by atoms with Crippen LogP contribution in [0.5, 0.6) is 0 Å². The zero-order valence-corrected chi connectivity index (χ0v) is 14.3. The quantitative estimate of drug-likeness (QED) is 0.785. The monoisotopic (exact) mass is 351 g/mol. The van der Waals surface area contributed by atoms with E-state index in [-0.39, 0.29) is 13.0 Å². The van der Waals surface area contributed by atoms with E-state index in [0.717, 1.165) is 11.3 Å². The molecule has 6 nitrogen and oxygen atoms in total. The number of imidazole rings is 1. The lowest BCUT2D eigenvalue weighted by molar-refractivity contribution is 0.0192. The summed E-state index contributed by atoms with van der Waals surface area (Å²) in [5.41, 5.74) is 1.22. The average Bonchev–Trinajstić information content (AvgIpc) is 3.26. The Morgan fingerprint density at radius 2 is 2.19 bits per heavy atom. The molecule has 1 aliphatic heterocycles. The van der Waals surface area contributed by atoms with Gasteiger partial charge in [-0.1, -0.05) is 12.1 Å². The van der Waals surface area contributed by atoms with Gasteiger partial charge in [-0.05, 0) is 31.2 Å². The molecule has 1 aromatic carbocycles. The van der Waals surface area contributed by atoms with Crippen LogP contribution in [0.1, 0.15) is 18.9 Å². The first kappa shape index (κ1) is 16.5. The summed E-state index contributed by atoms with van der Waals surface area (Å²) >= 11 is 0. The van der Waals surface area contributed by atoms with E-state index in [9.17, 15) is 9.50 Å². The van der Waals surface area contributed by atoms with E-state index < -0.39 is 11.8 Å². The Morgan fingerprint density at radius 1 is 1.35 bits per heavy atom. The Labute approximate surface area is 150 Å². The number of benzene rings is 1. The molecule has 4 rings (SSSR count). The molecule has 0 amide bonds. The number of fused-ring (bicyclic) bond motifs is 1. The van der Waals surface area contributed by atoms with Crippen molar-refractivity contribution in [2.45, 2.75) is 25.1 Å². The minimum atomic E-state index is -1.62. The van der Waals surface area contributed by atoms with Crippen LogP contribution in [0.4, 0.5) is 10.2 Å². The molecule has 26 heavy (non-hydrogen) atoms. The zero-order chi connectivity index (χ0) is 18.3. The number of nitrogens with zero attached hydrogens (tertiary/aromatic N) is 5. The molecule has 1 N–H and O–H groups in total. The maximum absolute atomic E-state index is 14.7. The maximum Gasteiger partial charge on any atom is 0.155 e. The predicted molar refractivity (Wildman–Crippen MR) is 95.5 cm³/mol. The van der Waals surface area contributed by atoms with Crippen LogP contribution >= 0.6 is 0 Å². The normalized spacial score (nSPS) is 21.1. The first-order valence-electron chi connectivity index (χ1n) is 8.47. The fourth-order valence-corrected chi connectivity index (χ4v) is 3.31. The van der Waals surface area contributed by atoms with Crippen molar-refractivity contribution in [1.82, 2.24) is 14.6 Å². The number of aliphatic hydroxyl groups excluding tert-OH is 1. The molecule has 1 fully saturated rings. The van der Waals surface area contributed by atoms with Crippen LogP contribution in [0.15, 0.2) is 42.6 Å². The van der Waals surface area contributed by atoms with Crippen LogP contribution < -0.4 is 4.90 Å². The summed E-state index contributed by atoms with van der Waals surface area (Å²) in [6.07, 6.45) is 0.960. The lowest BCUT2D eigenvalue weighted by atomic mass is 10.00. The fourth-order valence-electron chi connectivity index (χ4n) is 3.31. The van der Waals surface area contributed by atoms with Gasteiger partial charge in [0, 0.05) is 18.5 Å². The molecule has 2 aromatic heterocycles. The number of anilines is 1. The number of nitriles is 1. The van der Waals surface area contributed by atoms with E-state index in [0.29, 0.717) is 23.6 Å². The van der Waals surface area contributed by atoms with Gasteiger partial charge in [0.05, 0.1) is 36.2 Å². The van der Waals surface area contributed by atoms with E-state index in [1.54, 1.807) is 22.8 Å². The number of aromatic nitrogens is 3. The fraction of sp³-hybridized carbons (Fsp3) is 0.316. The lowest BCUT2D eigenvalue weighted by Gasteiger charge is -2.23. The number of hydrogen-bond acceptors (Lipinski definition) is 5. The highest BCUT2D eigenvalue weighted by Gasteiger charge is 2.43. The van der Waals surface area contributed by atoms with Crippen molar-refractivity contribution in [1.29, 1.82) is 5.26 Å². The highest BCUT2D eigenvalue weighted by molar-refractivity contribution is 5.65. The largest absolute Gasteiger partial charge is 0.390 e. The minimum Gasteiger partial charge on any atom is -0.390 e. The van der Waals surface area contributed by atoms with Crippen LogP contribution in [0.2, 0.25) is 0 Å². The molecule has 0 bridgehead atoms. The Balaban J connectivity index is 1.73. The van der Waals surface area contributed by atoms with E-state index in [4.69, 9.17) is 5.26 Å². The summed E-state index contributed by atoms with van der Waals surface area (Å²) in [4.78, 5) is 6.20. The average molecular weight is 351 g/mol. The highest BCUT2D eigenvalue weighted by Crippen LogP contribution is 2.32. The summed E-state index contributed by atoms with van der Waals surface area (Å²) in [7, 11) is 0. The summed E-state index contributed by atoms with van der Waals surface area (Å²) in [6.45, 7) is 2.08. The standard InChI is InChI=1S/C19H18FN5O/c1-13(26)19(20)7-8-24(12-19)18-6-5-17-22-11-16(25(17)23-18)15-4-2-3-14(9-15)10-21/h2-6,9,11,13,26H,7-8,12H2,1H3/t13?,19-/m1/s1. The van der Waals surface area contributed by atoms with Crippen molar-refractivity contribution >= 4 is 11.5 Å². The summed E-state index contributed by atoms with van der Waals surface area (Å²) in [6, 6.07) is 13.0. The molecule has 0 spiro atoms. The molecule has 3 heterocycles. The second-order valence-electron chi connectivity index (χ2n) is 6.68. The molecule has 0 radical (unpaired) electrons. The van der Waals surface area contributed by atoms with E-state index >= 15 is 0 Å². The van der Waals surface area contributed by atoms with Gasteiger partial charge < -0.3 is 10.0 Å². The molecule has 2 atom stereocenters. The first-order chi connectivity index (χ1) is 12.5. The third kappa shape index (κ3) is 2.68. The van der Waals surface area contributed by atoms with Crippen LogP contribution in [-0.2, 0) is 0 Å². The molecule has 3 aromatic rings. The Bertz CT molecular complexity index is 1010. The van der Waals surface area contributed by atoms with Gasteiger partial charge in [0.1, 0.15) is 5.82 Å². The second kappa shape index (κ2) is 6.07. The molecule has 1 aliphatic rings. The molecule has 7 heteroatoms. The third-order valence-electron chi connectivity index (χ3n) is 4.96. The molecule has 0 saturated carbocycles. The SMILES string of the molecule is CC(O)[C@@]1(F)CCN(c2ccc3ncc(-c4cccc(C#N)c4)n3n2)C1. The second-order valence-corrected chi connectivity index (χ2v) is 6.68. The van der Waals surface area contributed by atoms with Gasteiger partial charge >= 0.3 is 0 Å². The Hall–Kier alpha value is -2.98. The van der Waals surface area contributed by atoms with E-state index in [2.05, 4.69) is 16.2 Å². The van der Waals surface area contributed by atoms with E-state index in [1.807, 2.05) is 29.2 Å². The van der Waals surface area contributed by atoms with E-state index in [1.165, 1.54) is 6.92 Å². The minimum absolute atomic E-state index is 0.108. The van der Waals surface area contributed by atoms with Gasteiger partial charge in [-0.15, -0.1) is 5.10 Å². The van der Waals surface area contributed by atoms with Crippen LogP contribution in [0.3, 0.4) is 0 Å². The molecule has 132 valence electrons. The van der Waals surface area contributed by atoms with Crippen molar-refractivity contribution in [3.63, 3.8) is 0 Å². The molecule has 1 saturated heterocycles. The molecule has 0 aliphatic carbocycles. The Kier molecular flexibility index (Phi) is 3.85. The van der Waals surface area contributed by atoms with Crippen molar-refractivity contribution < 1.29 is 9.50 Å². The highest BCUT2D eigenvalue weighted by atomic mass is 19.1. The van der Waals surface area contributed by atoms with Gasteiger partial charge in [-0.2, -0.15) is 5.26 Å². The van der Waals surface area contributed by atoms with Gasteiger partial charge in [-0.3, -0.25) is 0 Å². The summed E-state index contributed by atoms with van der Waals surface area (Å²) in [5.74, 6) is 0.633. The van der Waals surface area contributed by atoms with Gasteiger partial charge in [0.15, 0.2) is 11.3 Å². The van der Waals surface area contributed by atoms with Crippen LogP contribution in [0.25, 0.3) is 16.9 Å². The Morgan fingerprint density at radius 3 is 2.92 bits per heavy atom. The van der Waals surface area contributed by atoms with Crippen LogP contribution in [-0.4, -0.2) is 44.6 Å². The van der Waals surface area contributed by atoms with Gasteiger partial charge in [-0.25, -0.2) is 13.9 Å². The van der Waals surface area contributed by atoms with Crippen molar-refractivity contribution in [2.75, 3.05) is 18.0 Å². The predicted octanol–water partition coefficient (Wildman–Crippen LogP) is 2.57. The third-order valence-corrected chi connectivity index (χ3v) is 4.96. The lowest BCUT2D eigenvalue weighted by Crippen LogP contribution is -2.39. The number of halogens is 1. The number of hydrogen-bond donors (Lipinski definition) is 1. The van der Waals surface area contributed by atoms with Gasteiger partial charge in [0.2, 0.25) is 0 Å². The number of rotatable bonds is 3. The van der Waals surface area contributed by atoms with Crippen LogP contribution in [0, 0.1) is 11.3 Å². The maximum atomic E-state index is 14.7. The number of alkyl halides is 1. The molecular formula is C19H18FN5O. The zero-order valence-electron chi connectivity index (χ0n) is 14.3. The van der Waals surface area contributed by atoms with Crippen molar-refractivity contribution in [3.05, 3.63) is 48.2 Å². The molecule has 1 unspecified atom stereocenters. The number of aliphatic hydroxyl groups is 1. The van der Waals surface area contributed by atoms with Crippen molar-refractivity contribution in [2.24, 2.45) is 0 Å².